The molecule has 0 spiro atoms. The number of anilines is 1. The van der Waals surface area contributed by atoms with Gasteiger partial charge in [0.25, 0.3) is 5.91 Å². The van der Waals surface area contributed by atoms with E-state index in [1.165, 1.54) is 0 Å². The van der Waals surface area contributed by atoms with Crippen molar-refractivity contribution in [3.05, 3.63) is 42.4 Å². The molecule has 3 N–H and O–H groups in total. The average Bonchev–Trinajstić information content (AvgIpc) is 2.64. The second-order valence-electron chi connectivity index (χ2n) is 6.34. The second-order valence-corrected chi connectivity index (χ2v) is 6.34. The normalized spacial score (nSPS) is 14.0. The minimum atomic E-state index is -0.272. The van der Waals surface area contributed by atoms with Gasteiger partial charge in [-0.1, -0.05) is 18.2 Å². The van der Waals surface area contributed by atoms with Crippen LogP contribution in [0, 0.1) is 0 Å². The average molecular weight is 349 g/mol. The van der Waals surface area contributed by atoms with E-state index < -0.39 is 0 Å². The van der Waals surface area contributed by atoms with E-state index in [1.807, 2.05) is 18.2 Å². The fourth-order valence-corrected chi connectivity index (χ4v) is 3.10. The minimum Gasteiger partial charge on any atom is -0.496 e. The van der Waals surface area contributed by atoms with Gasteiger partial charge in [-0.05, 0) is 25.3 Å². The Morgan fingerprint density at radius 1 is 1.23 bits per heavy atom. The highest BCUT2D eigenvalue weighted by Gasteiger charge is 2.23. The van der Waals surface area contributed by atoms with Crippen LogP contribution in [0.1, 0.15) is 29.8 Å². The van der Waals surface area contributed by atoms with Crippen molar-refractivity contribution in [1.82, 2.24) is 20.5 Å². The number of nitrogens with zero attached hydrogens (tertiary/aromatic N) is 3. The van der Waals surface area contributed by atoms with Gasteiger partial charge in [0.2, 0.25) is 0 Å². The second kappa shape index (κ2) is 6.59. The Hall–Kier alpha value is -3.22. The number of carbonyl (C=O) groups is 1. The third kappa shape index (κ3) is 2.71. The van der Waals surface area contributed by atoms with E-state index in [2.05, 4.69) is 20.5 Å². The van der Waals surface area contributed by atoms with Crippen LogP contribution in [0.3, 0.4) is 0 Å². The molecule has 1 aromatic carbocycles. The van der Waals surface area contributed by atoms with Crippen molar-refractivity contribution < 1.29 is 9.53 Å². The van der Waals surface area contributed by atoms with Crippen LogP contribution in [0.5, 0.6) is 5.75 Å². The fourth-order valence-electron chi connectivity index (χ4n) is 3.10. The molecule has 0 bridgehead atoms. The van der Waals surface area contributed by atoms with E-state index in [9.17, 15) is 4.79 Å². The molecule has 1 saturated carbocycles. The lowest BCUT2D eigenvalue weighted by Gasteiger charge is -2.26. The summed E-state index contributed by atoms with van der Waals surface area (Å²) in [5, 5.41) is 12.0. The fraction of sp³-hybridized carbons (Fsp3) is 0.263. The number of aromatic nitrogens is 3. The number of hydrogen-bond acceptors (Lipinski definition) is 6. The predicted octanol–water partition coefficient (Wildman–Crippen LogP) is 2.56. The molecule has 2 heterocycles. The molecule has 2 aromatic heterocycles. The summed E-state index contributed by atoms with van der Waals surface area (Å²) in [6, 6.07) is 7.61. The van der Waals surface area contributed by atoms with Gasteiger partial charge in [-0.15, -0.1) is 10.2 Å². The summed E-state index contributed by atoms with van der Waals surface area (Å²) in [4.78, 5) is 16.6. The van der Waals surface area contributed by atoms with Crippen LogP contribution in [-0.2, 0) is 0 Å². The highest BCUT2D eigenvalue weighted by molar-refractivity contribution is 6.07. The Labute approximate surface area is 150 Å². The number of hydrogen-bond donors (Lipinski definition) is 2. The smallest absolute Gasteiger partial charge is 0.274 e. The molecule has 7 nitrogen and oxygen atoms in total. The molecule has 132 valence electrons. The monoisotopic (exact) mass is 349 g/mol. The first-order valence-electron chi connectivity index (χ1n) is 8.53. The predicted molar refractivity (Wildman–Crippen MR) is 98.8 cm³/mol. The van der Waals surface area contributed by atoms with Gasteiger partial charge < -0.3 is 15.8 Å². The number of nitrogen functional groups attached to an aromatic ring is 1. The van der Waals surface area contributed by atoms with Crippen molar-refractivity contribution in [3.63, 3.8) is 0 Å². The van der Waals surface area contributed by atoms with Crippen LogP contribution in [0.2, 0.25) is 0 Å². The number of benzene rings is 1. The van der Waals surface area contributed by atoms with Crippen LogP contribution < -0.4 is 15.8 Å². The topological polar surface area (TPSA) is 103 Å². The van der Waals surface area contributed by atoms with Crippen molar-refractivity contribution in [1.29, 1.82) is 0 Å². The Bertz CT molecular complexity index is 985. The molecule has 1 aliphatic rings. The molecule has 0 aliphatic heterocycles. The largest absolute Gasteiger partial charge is 0.496 e. The zero-order valence-corrected chi connectivity index (χ0v) is 14.4. The Morgan fingerprint density at radius 3 is 2.81 bits per heavy atom. The zero-order chi connectivity index (χ0) is 18.1. The van der Waals surface area contributed by atoms with Crippen molar-refractivity contribution in [2.45, 2.75) is 25.3 Å². The Morgan fingerprint density at radius 2 is 2.08 bits per heavy atom. The maximum Gasteiger partial charge on any atom is 0.274 e. The number of ether oxygens (including phenoxy) is 1. The van der Waals surface area contributed by atoms with Crippen molar-refractivity contribution in [2.24, 2.45) is 0 Å². The number of methoxy groups -OCH3 is 1. The SMILES string of the molecule is COc1ccncc1-c1cccc2c(N)c(C(=O)NC3CCC3)nnc12. The lowest BCUT2D eigenvalue weighted by atomic mass is 9.93. The van der Waals surface area contributed by atoms with Crippen molar-refractivity contribution in [2.75, 3.05) is 12.8 Å². The molecular weight excluding hydrogens is 330 g/mol. The first-order valence-corrected chi connectivity index (χ1v) is 8.53. The molecule has 0 saturated heterocycles. The van der Waals surface area contributed by atoms with E-state index >= 15 is 0 Å². The molecule has 26 heavy (non-hydrogen) atoms. The Balaban J connectivity index is 1.80. The highest BCUT2D eigenvalue weighted by Crippen LogP contribution is 2.35. The molecule has 3 aromatic rings. The van der Waals surface area contributed by atoms with Crippen LogP contribution in [0.15, 0.2) is 36.7 Å². The highest BCUT2D eigenvalue weighted by atomic mass is 16.5. The molecule has 0 radical (unpaired) electrons. The summed E-state index contributed by atoms with van der Waals surface area (Å²) < 4.78 is 5.42. The third-order valence-electron chi connectivity index (χ3n) is 4.78. The standard InChI is InChI=1S/C19H19N5O2/c1-26-15-8-9-21-10-14(15)12-6-3-7-13-16(20)18(24-23-17(12)13)19(25)22-11-4-2-5-11/h3,6-11H,2,4-5H2,1H3,(H2,20,23)(H,22,25). The number of pyridine rings is 1. The van der Waals surface area contributed by atoms with Gasteiger partial charge >= 0.3 is 0 Å². The Kier molecular flexibility index (Phi) is 4.12. The van der Waals surface area contributed by atoms with Gasteiger partial charge in [-0.25, -0.2) is 0 Å². The van der Waals surface area contributed by atoms with Crippen molar-refractivity contribution in [3.8, 4) is 16.9 Å². The number of nitrogens with two attached hydrogens (primary N) is 1. The first kappa shape index (κ1) is 16.3. The summed E-state index contributed by atoms with van der Waals surface area (Å²) >= 11 is 0. The van der Waals surface area contributed by atoms with E-state index in [-0.39, 0.29) is 17.6 Å². The van der Waals surface area contributed by atoms with E-state index in [1.54, 1.807) is 25.6 Å². The summed E-state index contributed by atoms with van der Waals surface area (Å²) in [5.41, 5.74) is 8.96. The molecule has 7 heteroatoms. The van der Waals surface area contributed by atoms with Crippen LogP contribution in [0.25, 0.3) is 22.0 Å². The number of fused-ring (bicyclic) bond motifs is 1. The number of amides is 1. The van der Waals surface area contributed by atoms with Gasteiger partial charge in [0.15, 0.2) is 5.69 Å². The van der Waals surface area contributed by atoms with Crippen LogP contribution in [-0.4, -0.2) is 34.2 Å². The van der Waals surface area contributed by atoms with Gasteiger partial charge in [-0.3, -0.25) is 9.78 Å². The van der Waals surface area contributed by atoms with Crippen LogP contribution in [0.4, 0.5) is 5.69 Å². The number of carbonyl (C=O) groups excluding carboxylic acids is 1. The van der Waals surface area contributed by atoms with Crippen molar-refractivity contribution >= 4 is 22.5 Å². The summed E-state index contributed by atoms with van der Waals surface area (Å²) in [7, 11) is 1.60. The molecule has 0 atom stereocenters. The maximum atomic E-state index is 12.4. The van der Waals surface area contributed by atoms with Gasteiger partial charge in [0, 0.05) is 34.9 Å². The number of nitrogens with one attached hydrogen (secondary N) is 1. The number of rotatable bonds is 4. The summed E-state index contributed by atoms with van der Waals surface area (Å²) in [6.45, 7) is 0. The quantitative estimate of drug-likeness (QED) is 0.750. The lowest BCUT2D eigenvalue weighted by Crippen LogP contribution is -2.40. The summed E-state index contributed by atoms with van der Waals surface area (Å²) in [5.74, 6) is 0.408. The van der Waals surface area contributed by atoms with Gasteiger partial charge in [-0.2, -0.15) is 0 Å². The lowest BCUT2D eigenvalue weighted by molar-refractivity contribution is 0.0912. The van der Waals surface area contributed by atoms with Crippen LogP contribution >= 0.6 is 0 Å². The molecule has 4 rings (SSSR count). The molecule has 1 aliphatic carbocycles. The third-order valence-corrected chi connectivity index (χ3v) is 4.78. The maximum absolute atomic E-state index is 12.4. The molecule has 1 fully saturated rings. The zero-order valence-electron chi connectivity index (χ0n) is 14.4. The minimum absolute atomic E-state index is 0.166. The van der Waals surface area contributed by atoms with Gasteiger partial charge in [0.1, 0.15) is 11.3 Å². The van der Waals surface area contributed by atoms with Gasteiger partial charge in [0.05, 0.1) is 12.8 Å². The molecule has 0 unspecified atom stereocenters. The van der Waals surface area contributed by atoms with E-state index in [4.69, 9.17) is 10.5 Å². The first-order chi connectivity index (χ1) is 12.7. The molecular formula is C19H19N5O2. The summed E-state index contributed by atoms with van der Waals surface area (Å²) in [6.07, 6.45) is 6.51. The van der Waals surface area contributed by atoms with E-state index in [0.29, 0.717) is 22.3 Å². The molecule has 1 amide bonds. The van der Waals surface area contributed by atoms with E-state index in [0.717, 1.165) is 30.4 Å².